The molecule has 8 heteroatoms. The number of amides is 1. The van der Waals surface area contributed by atoms with Crippen molar-refractivity contribution >= 4 is 5.91 Å². The molecule has 0 spiro atoms. The highest BCUT2D eigenvalue weighted by molar-refractivity contribution is 5.79. The van der Waals surface area contributed by atoms with Gasteiger partial charge in [0.05, 0.1) is 17.5 Å². The van der Waals surface area contributed by atoms with E-state index in [0.717, 1.165) is 36.4 Å². The van der Waals surface area contributed by atoms with Crippen LogP contribution in [0.1, 0.15) is 37.2 Å². The van der Waals surface area contributed by atoms with E-state index < -0.39 is 6.04 Å². The van der Waals surface area contributed by atoms with Crippen molar-refractivity contribution in [3.63, 3.8) is 0 Å². The molecule has 0 aromatic carbocycles. The fraction of sp³-hybridized carbons (Fsp3) is 0.556. The standard InChI is InChI=1S/C18H25N5O3/c1-11-17(12(2)22(4)20-11)15-7-8-16(24)23(21-15)13(3)18(25)19-10-14-6-5-9-26-14/h7-8,13-14H,5-6,9-10H2,1-4H3,(H,19,25)/t13-,14+/m1/s1. The predicted octanol–water partition coefficient (Wildman–Crippen LogP) is 1.12. The number of aromatic nitrogens is 4. The first kappa shape index (κ1) is 18.3. The van der Waals surface area contributed by atoms with Crippen molar-refractivity contribution < 1.29 is 9.53 Å². The van der Waals surface area contributed by atoms with Crippen LogP contribution in [0.15, 0.2) is 16.9 Å². The highest BCUT2D eigenvalue weighted by atomic mass is 16.5. The van der Waals surface area contributed by atoms with E-state index in [9.17, 15) is 9.59 Å². The van der Waals surface area contributed by atoms with E-state index in [1.807, 2.05) is 20.9 Å². The minimum Gasteiger partial charge on any atom is -0.376 e. The van der Waals surface area contributed by atoms with Crippen molar-refractivity contribution in [2.75, 3.05) is 13.2 Å². The normalized spacial score (nSPS) is 18.1. The lowest BCUT2D eigenvalue weighted by Gasteiger charge is -2.16. The first-order valence-electron chi connectivity index (χ1n) is 8.88. The van der Waals surface area contributed by atoms with Gasteiger partial charge in [-0.25, -0.2) is 4.68 Å². The molecule has 1 saturated heterocycles. The molecule has 0 bridgehead atoms. The van der Waals surface area contributed by atoms with Crippen LogP contribution in [0.5, 0.6) is 0 Å². The van der Waals surface area contributed by atoms with E-state index >= 15 is 0 Å². The zero-order valence-corrected chi connectivity index (χ0v) is 15.7. The zero-order valence-electron chi connectivity index (χ0n) is 15.7. The van der Waals surface area contributed by atoms with Crippen molar-refractivity contribution in [1.82, 2.24) is 24.9 Å². The summed E-state index contributed by atoms with van der Waals surface area (Å²) in [6.45, 7) is 6.72. The summed E-state index contributed by atoms with van der Waals surface area (Å²) in [5.74, 6) is -0.244. The molecule has 2 aromatic heterocycles. The van der Waals surface area contributed by atoms with E-state index in [1.165, 1.54) is 10.7 Å². The van der Waals surface area contributed by atoms with Gasteiger partial charge >= 0.3 is 0 Å². The smallest absolute Gasteiger partial charge is 0.267 e. The van der Waals surface area contributed by atoms with Crippen molar-refractivity contribution in [2.24, 2.45) is 7.05 Å². The fourth-order valence-electron chi connectivity index (χ4n) is 3.26. The lowest BCUT2D eigenvalue weighted by atomic mass is 10.1. The Morgan fingerprint density at radius 1 is 1.38 bits per heavy atom. The fourth-order valence-corrected chi connectivity index (χ4v) is 3.26. The van der Waals surface area contributed by atoms with Crippen LogP contribution in [0, 0.1) is 13.8 Å². The molecule has 0 unspecified atom stereocenters. The second-order valence-corrected chi connectivity index (χ2v) is 6.73. The maximum Gasteiger partial charge on any atom is 0.267 e. The summed E-state index contributed by atoms with van der Waals surface area (Å²) >= 11 is 0. The SMILES string of the molecule is Cc1nn(C)c(C)c1-c1ccc(=O)n([C@H](C)C(=O)NC[C@@H]2CCCO2)n1. The Kier molecular flexibility index (Phi) is 5.22. The molecule has 1 aliphatic heterocycles. The maximum absolute atomic E-state index is 12.5. The van der Waals surface area contributed by atoms with Crippen LogP contribution in [-0.2, 0) is 16.6 Å². The predicted molar refractivity (Wildman–Crippen MR) is 96.9 cm³/mol. The Bertz CT molecular complexity index is 864. The quantitative estimate of drug-likeness (QED) is 0.864. The number of carbonyl (C=O) groups is 1. The van der Waals surface area contributed by atoms with Gasteiger partial charge in [0.15, 0.2) is 0 Å². The molecule has 0 saturated carbocycles. The van der Waals surface area contributed by atoms with Gasteiger partial charge in [-0.3, -0.25) is 14.3 Å². The average molecular weight is 359 g/mol. The van der Waals surface area contributed by atoms with E-state index in [1.54, 1.807) is 17.7 Å². The molecule has 1 amide bonds. The molecule has 8 nitrogen and oxygen atoms in total. The molecule has 26 heavy (non-hydrogen) atoms. The minimum absolute atomic E-state index is 0.0582. The lowest BCUT2D eigenvalue weighted by Crippen LogP contribution is -2.39. The number of hydrogen-bond donors (Lipinski definition) is 1. The summed E-state index contributed by atoms with van der Waals surface area (Å²) in [5.41, 5.74) is 2.99. The first-order chi connectivity index (χ1) is 12.4. The average Bonchev–Trinajstić information content (AvgIpc) is 3.21. The number of aryl methyl sites for hydroxylation is 2. The number of hydrogen-bond acceptors (Lipinski definition) is 5. The lowest BCUT2D eigenvalue weighted by molar-refractivity contribution is -0.124. The molecule has 1 fully saturated rings. The van der Waals surface area contributed by atoms with Gasteiger partial charge in [0.1, 0.15) is 6.04 Å². The molecule has 3 heterocycles. The van der Waals surface area contributed by atoms with Crippen molar-refractivity contribution in [2.45, 2.75) is 45.8 Å². The van der Waals surface area contributed by atoms with E-state index in [4.69, 9.17) is 4.74 Å². The molecule has 140 valence electrons. The maximum atomic E-state index is 12.5. The molecular formula is C18H25N5O3. The van der Waals surface area contributed by atoms with Gasteiger partial charge in [-0.15, -0.1) is 0 Å². The molecule has 2 atom stereocenters. The highest BCUT2D eigenvalue weighted by Crippen LogP contribution is 2.24. The van der Waals surface area contributed by atoms with Crippen molar-refractivity contribution in [1.29, 1.82) is 0 Å². The Balaban J connectivity index is 1.82. The molecule has 2 aromatic rings. The highest BCUT2D eigenvalue weighted by Gasteiger charge is 2.22. The first-order valence-corrected chi connectivity index (χ1v) is 8.88. The summed E-state index contributed by atoms with van der Waals surface area (Å²) < 4.78 is 8.52. The van der Waals surface area contributed by atoms with E-state index in [2.05, 4.69) is 15.5 Å². The van der Waals surface area contributed by atoms with Gasteiger partial charge in [0.25, 0.3) is 5.56 Å². The number of nitrogens with zero attached hydrogens (tertiary/aromatic N) is 4. The Labute approximate surface area is 152 Å². The summed E-state index contributed by atoms with van der Waals surface area (Å²) in [6.07, 6.45) is 2.02. The topological polar surface area (TPSA) is 91.0 Å². The summed E-state index contributed by atoms with van der Waals surface area (Å²) in [4.78, 5) is 24.7. The minimum atomic E-state index is -0.707. The van der Waals surface area contributed by atoms with Gasteiger partial charge < -0.3 is 10.1 Å². The van der Waals surface area contributed by atoms with Crippen LogP contribution in [0.4, 0.5) is 0 Å². The second-order valence-electron chi connectivity index (χ2n) is 6.73. The van der Waals surface area contributed by atoms with E-state index in [0.29, 0.717) is 12.2 Å². The van der Waals surface area contributed by atoms with Crippen LogP contribution in [0.2, 0.25) is 0 Å². The molecule has 0 radical (unpaired) electrons. The van der Waals surface area contributed by atoms with Crippen LogP contribution >= 0.6 is 0 Å². The third-order valence-electron chi connectivity index (χ3n) is 4.86. The molecule has 1 N–H and O–H groups in total. The number of nitrogens with one attached hydrogen (secondary N) is 1. The number of rotatable bonds is 5. The third-order valence-corrected chi connectivity index (χ3v) is 4.86. The monoisotopic (exact) mass is 359 g/mol. The Morgan fingerprint density at radius 2 is 2.15 bits per heavy atom. The molecule has 1 aliphatic rings. The van der Waals surface area contributed by atoms with E-state index in [-0.39, 0.29) is 17.6 Å². The van der Waals surface area contributed by atoms with Gasteiger partial charge in [0.2, 0.25) is 5.91 Å². The number of carbonyl (C=O) groups excluding carboxylic acids is 1. The summed E-state index contributed by atoms with van der Waals surface area (Å²) in [7, 11) is 1.86. The molecule has 3 rings (SSSR count). The van der Waals surface area contributed by atoms with Crippen LogP contribution < -0.4 is 10.9 Å². The van der Waals surface area contributed by atoms with Gasteiger partial charge in [-0.1, -0.05) is 0 Å². The van der Waals surface area contributed by atoms with Gasteiger partial charge in [-0.05, 0) is 39.7 Å². The largest absolute Gasteiger partial charge is 0.376 e. The zero-order chi connectivity index (χ0) is 18.8. The van der Waals surface area contributed by atoms with Crippen LogP contribution in [-0.4, -0.2) is 44.7 Å². The van der Waals surface area contributed by atoms with Gasteiger partial charge in [0, 0.05) is 37.5 Å². The Morgan fingerprint density at radius 3 is 2.77 bits per heavy atom. The third kappa shape index (κ3) is 3.55. The Hall–Kier alpha value is -2.48. The van der Waals surface area contributed by atoms with Gasteiger partial charge in [-0.2, -0.15) is 10.2 Å². The number of ether oxygens (including phenoxy) is 1. The summed E-state index contributed by atoms with van der Waals surface area (Å²) in [5, 5.41) is 11.7. The van der Waals surface area contributed by atoms with Crippen LogP contribution in [0.3, 0.4) is 0 Å². The van der Waals surface area contributed by atoms with Crippen LogP contribution in [0.25, 0.3) is 11.3 Å². The van der Waals surface area contributed by atoms with Crippen molar-refractivity contribution in [3.8, 4) is 11.3 Å². The second kappa shape index (κ2) is 7.41. The van der Waals surface area contributed by atoms with Crippen molar-refractivity contribution in [3.05, 3.63) is 33.9 Å². The molecule has 0 aliphatic carbocycles. The summed E-state index contributed by atoms with van der Waals surface area (Å²) in [6, 6.07) is 2.41. The molecular weight excluding hydrogens is 334 g/mol.